The minimum absolute atomic E-state index is 0.0856. The number of furan rings is 1. The van der Waals surface area contributed by atoms with Gasteiger partial charge in [0.2, 0.25) is 11.7 Å². The van der Waals surface area contributed by atoms with Crippen LogP contribution in [0.2, 0.25) is 10.0 Å². The molecule has 27 heavy (non-hydrogen) atoms. The van der Waals surface area contributed by atoms with Gasteiger partial charge in [-0.1, -0.05) is 41.0 Å². The van der Waals surface area contributed by atoms with Gasteiger partial charge in [-0.15, -0.1) is 10.2 Å². The molecule has 2 aromatic heterocycles. The fourth-order valence-corrected chi connectivity index (χ4v) is 4.03. The predicted octanol–water partition coefficient (Wildman–Crippen LogP) is 5.92. The van der Waals surface area contributed by atoms with Crippen molar-refractivity contribution in [3.8, 4) is 11.6 Å². The molecule has 0 aliphatic rings. The summed E-state index contributed by atoms with van der Waals surface area (Å²) in [4.78, 5) is 12.3. The summed E-state index contributed by atoms with van der Waals surface area (Å²) >= 11 is 16.7. The van der Waals surface area contributed by atoms with Crippen molar-refractivity contribution in [2.24, 2.45) is 0 Å². The first kappa shape index (κ1) is 20.3. The van der Waals surface area contributed by atoms with Crippen molar-refractivity contribution in [3.63, 3.8) is 0 Å². The molecule has 2 heterocycles. The second kappa shape index (κ2) is 8.68. The van der Waals surface area contributed by atoms with E-state index in [9.17, 15) is 4.79 Å². The van der Waals surface area contributed by atoms with E-state index in [0.29, 0.717) is 37.1 Å². The number of hydrogen-bond acceptors (Lipinski definition) is 5. The van der Waals surface area contributed by atoms with Gasteiger partial charge < -0.3 is 9.73 Å². The number of amides is 1. The number of rotatable bonds is 6. The minimum atomic E-state index is -0.240. The van der Waals surface area contributed by atoms with Crippen LogP contribution in [0.5, 0.6) is 0 Å². The molecule has 0 bridgehead atoms. The highest BCUT2D eigenvalue weighted by Crippen LogP contribution is 2.32. The van der Waals surface area contributed by atoms with Crippen molar-refractivity contribution in [1.29, 1.82) is 0 Å². The highest BCUT2D eigenvalue weighted by Gasteiger charge is 2.20. The van der Waals surface area contributed by atoms with Crippen molar-refractivity contribution >= 4 is 62.5 Å². The summed E-state index contributed by atoms with van der Waals surface area (Å²) in [6, 6.07) is 8.74. The van der Waals surface area contributed by atoms with Crippen molar-refractivity contribution in [2.75, 3.05) is 11.1 Å². The van der Waals surface area contributed by atoms with Gasteiger partial charge in [0.1, 0.15) is 0 Å². The molecular weight excluding hydrogens is 475 g/mol. The molecule has 0 radical (unpaired) electrons. The first-order valence-corrected chi connectivity index (χ1v) is 10.5. The number of para-hydroxylation sites is 1. The molecule has 3 rings (SSSR count). The van der Waals surface area contributed by atoms with Gasteiger partial charge in [-0.3, -0.25) is 9.36 Å². The lowest BCUT2D eigenvalue weighted by Gasteiger charge is -2.13. The van der Waals surface area contributed by atoms with Gasteiger partial charge in [0.25, 0.3) is 0 Å². The molecule has 1 N–H and O–H groups in total. The molecule has 0 fully saturated rings. The predicted molar refractivity (Wildman–Crippen MR) is 112 cm³/mol. The van der Waals surface area contributed by atoms with Crippen LogP contribution in [-0.4, -0.2) is 26.4 Å². The average Bonchev–Trinajstić information content (AvgIpc) is 3.22. The number of halogens is 3. The molecule has 0 aliphatic heterocycles. The maximum Gasteiger partial charge on any atom is 0.234 e. The lowest BCUT2D eigenvalue weighted by molar-refractivity contribution is -0.113. The SMILES string of the molecule is CC(C)n1c(SCC(=O)Nc2c(Cl)cccc2Cl)nnc1-c1ccc(Br)o1. The molecule has 6 nitrogen and oxygen atoms in total. The molecule has 0 unspecified atom stereocenters. The number of thioether (sulfide) groups is 1. The van der Waals surface area contributed by atoms with Crippen LogP contribution in [0, 0.1) is 0 Å². The van der Waals surface area contributed by atoms with Crippen LogP contribution >= 0.6 is 50.9 Å². The summed E-state index contributed by atoms with van der Waals surface area (Å²) in [7, 11) is 0. The smallest absolute Gasteiger partial charge is 0.234 e. The van der Waals surface area contributed by atoms with Crippen LogP contribution in [0.25, 0.3) is 11.6 Å². The second-order valence-electron chi connectivity index (χ2n) is 5.81. The Morgan fingerprint density at radius 3 is 2.56 bits per heavy atom. The maximum absolute atomic E-state index is 12.3. The number of nitrogens with one attached hydrogen (secondary N) is 1. The zero-order chi connectivity index (χ0) is 19.6. The van der Waals surface area contributed by atoms with Gasteiger partial charge in [0.05, 0.1) is 21.5 Å². The largest absolute Gasteiger partial charge is 0.446 e. The summed E-state index contributed by atoms with van der Waals surface area (Å²) in [6.07, 6.45) is 0. The van der Waals surface area contributed by atoms with Gasteiger partial charge in [-0.05, 0) is 54.0 Å². The Kier molecular flexibility index (Phi) is 6.52. The first-order chi connectivity index (χ1) is 12.9. The summed E-state index contributed by atoms with van der Waals surface area (Å²) in [6.45, 7) is 4.02. The number of nitrogens with zero attached hydrogens (tertiary/aromatic N) is 3. The highest BCUT2D eigenvalue weighted by molar-refractivity contribution is 9.10. The standard InChI is InChI=1S/C17H15BrCl2N4O2S/c1-9(2)24-16(12-6-7-13(18)26-12)22-23-17(24)27-8-14(25)21-15-10(19)4-3-5-11(15)20/h3-7,9H,8H2,1-2H3,(H,21,25). The van der Waals surface area contributed by atoms with E-state index in [1.807, 2.05) is 24.5 Å². The fourth-order valence-electron chi connectivity index (χ4n) is 2.37. The molecule has 1 aromatic carbocycles. The lowest BCUT2D eigenvalue weighted by Crippen LogP contribution is -2.15. The Morgan fingerprint density at radius 2 is 1.96 bits per heavy atom. The number of carbonyl (C=O) groups is 1. The average molecular weight is 490 g/mol. The van der Waals surface area contributed by atoms with Gasteiger partial charge in [0.15, 0.2) is 15.6 Å². The third-order valence-electron chi connectivity index (χ3n) is 3.53. The number of aromatic nitrogens is 3. The second-order valence-corrected chi connectivity index (χ2v) is 8.35. The molecule has 10 heteroatoms. The van der Waals surface area contributed by atoms with E-state index in [1.54, 1.807) is 24.3 Å². The molecule has 142 valence electrons. The van der Waals surface area contributed by atoms with E-state index >= 15 is 0 Å². The highest BCUT2D eigenvalue weighted by atomic mass is 79.9. The van der Waals surface area contributed by atoms with Crippen LogP contribution in [0.15, 0.2) is 44.6 Å². The third-order valence-corrected chi connectivity index (χ3v) is 5.53. The van der Waals surface area contributed by atoms with Gasteiger partial charge in [-0.2, -0.15) is 0 Å². The molecule has 0 atom stereocenters. The summed E-state index contributed by atoms with van der Waals surface area (Å²) in [5.74, 6) is 1.10. The summed E-state index contributed by atoms with van der Waals surface area (Å²) in [5.41, 5.74) is 0.401. The summed E-state index contributed by atoms with van der Waals surface area (Å²) in [5, 5.41) is 12.5. The van der Waals surface area contributed by atoms with Gasteiger partial charge in [0, 0.05) is 6.04 Å². The Balaban J connectivity index is 1.74. The normalized spacial score (nSPS) is 11.2. The van der Waals surface area contributed by atoms with E-state index in [-0.39, 0.29) is 17.7 Å². The number of carbonyl (C=O) groups excluding carboxylic acids is 1. The van der Waals surface area contributed by atoms with Crippen LogP contribution < -0.4 is 5.32 Å². The Morgan fingerprint density at radius 1 is 1.26 bits per heavy atom. The monoisotopic (exact) mass is 488 g/mol. The quantitative estimate of drug-likeness (QED) is 0.435. The van der Waals surface area contributed by atoms with Gasteiger partial charge in [-0.25, -0.2) is 0 Å². The van der Waals surface area contributed by atoms with E-state index in [2.05, 4.69) is 31.4 Å². The zero-order valence-electron chi connectivity index (χ0n) is 14.4. The van der Waals surface area contributed by atoms with E-state index in [0.717, 1.165) is 0 Å². The Bertz CT molecular complexity index is 954. The van der Waals surface area contributed by atoms with Crippen molar-refractivity contribution < 1.29 is 9.21 Å². The topological polar surface area (TPSA) is 73.0 Å². The van der Waals surface area contributed by atoms with Crippen LogP contribution in [0.3, 0.4) is 0 Å². The molecule has 0 saturated carbocycles. The van der Waals surface area contributed by atoms with Crippen LogP contribution in [0.1, 0.15) is 19.9 Å². The van der Waals surface area contributed by atoms with E-state index in [1.165, 1.54) is 11.8 Å². The maximum atomic E-state index is 12.3. The molecule has 0 aliphatic carbocycles. The van der Waals surface area contributed by atoms with Crippen molar-refractivity contribution in [3.05, 3.63) is 45.0 Å². The third kappa shape index (κ3) is 4.68. The fraction of sp³-hybridized carbons (Fsp3) is 0.235. The Hall–Kier alpha value is -1.48. The first-order valence-electron chi connectivity index (χ1n) is 7.94. The zero-order valence-corrected chi connectivity index (χ0v) is 18.3. The Labute approximate surface area is 178 Å². The van der Waals surface area contributed by atoms with E-state index < -0.39 is 0 Å². The molecule has 1 amide bonds. The number of benzene rings is 1. The molecular formula is C17H15BrCl2N4O2S. The van der Waals surface area contributed by atoms with Crippen molar-refractivity contribution in [2.45, 2.75) is 25.0 Å². The number of hydrogen-bond donors (Lipinski definition) is 1. The molecule has 0 saturated heterocycles. The van der Waals surface area contributed by atoms with Crippen LogP contribution in [0.4, 0.5) is 5.69 Å². The van der Waals surface area contributed by atoms with Crippen LogP contribution in [-0.2, 0) is 4.79 Å². The van der Waals surface area contributed by atoms with E-state index in [4.69, 9.17) is 27.6 Å². The van der Waals surface area contributed by atoms with Gasteiger partial charge >= 0.3 is 0 Å². The summed E-state index contributed by atoms with van der Waals surface area (Å²) < 4.78 is 8.11. The molecule has 3 aromatic rings. The lowest BCUT2D eigenvalue weighted by atomic mass is 10.3. The van der Waals surface area contributed by atoms with Crippen molar-refractivity contribution in [1.82, 2.24) is 14.8 Å². The molecule has 0 spiro atoms. The number of anilines is 1. The minimum Gasteiger partial charge on any atom is -0.446 e.